The molecular weight excluding hydrogens is 270 g/mol. The Morgan fingerprint density at radius 3 is 2.67 bits per heavy atom. The second kappa shape index (κ2) is 5.93. The van der Waals surface area contributed by atoms with Crippen LogP contribution < -0.4 is 9.47 Å². The Bertz CT molecular complexity index is 531. The zero-order chi connectivity index (χ0) is 15.6. The maximum Gasteiger partial charge on any atom is 0.323 e. The van der Waals surface area contributed by atoms with Gasteiger partial charge >= 0.3 is 5.97 Å². The molecule has 0 saturated carbocycles. The van der Waals surface area contributed by atoms with E-state index in [0.717, 1.165) is 30.0 Å². The lowest BCUT2D eigenvalue weighted by molar-refractivity contribution is -0.149. The third kappa shape index (κ3) is 2.70. The third-order valence-corrected chi connectivity index (χ3v) is 4.51. The van der Waals surface area contributed by atoms with Gasteiger partial charge in [0.05, 0.1) is 14.2 Å². The number of likely N-dealkylation sites (tertiary alicyclic amines) is 1. The number of hydrogen-bond acceptors (Lipinski definition) is 4. The molecule has 1 aromatic carbocycles. The lowest BCUT2D eigenvalue weighted by Gasteiger charge is -2.36. The van der Waals surface area contributed by atoms with Crippen molar-refractivity contribution in [3.05, 3.63) is 23.8 Å². The Labute approximate surface area is 125 Å². The Morgan fingerprint density at radius 2 is 2.10 bits per heavy atom. The molecule has 1 N–H and O–H groups in total. The predicted molar refractivity (Wildman–Crippen MR) is 79.9 cm³/mol. The van der Waals surface area contributed by atoms with E-state index in [2.05, 4.69) is 0 Å². The number of methoxy groups -OCH3 is 2. The van der Waals surface area contributed by atoms with E-state index in [1.54, 1.807) is 21.1 Å². The second-order valence-corrected chi connectivity index (χ2v) is 5.66. The minimum absolute atomic E-state index is 0.0568. The molecule has 0 bridgehead atoms. The van der Waals surface area contributed by atoms with Gasteiger partial charge in [0.1, 0.15) is 17.0 Å². The van der Waals surface area contributed by atoms with Crippen LogP contribution in [0.2, 0.25) is 0 Å². The first-order chi connectivity index (χ1) is 9.93. The fourth-order valence-corrected chi connectivity index (χ4v) is 3.17. The van der Waals surface area contributed by atoms with Gasteiger partial charge in [-0.15, -0.1) is 0 Å². The van der Waals surface area contributed by atoms with Crippen LogP contribution in [0.4, 0.5) is 0 Å². The van der Waals surface area contributed by atoms with Gasteiger partial charge in [-0.1, -0.05) is 0 Å². The average Bonchev–Trinajstić information content (AvgIpc) is 2.89. The van der Waals surface area contributed by atoms with E-state index in [1.807, 2.05) is 30.0 Å². The molecular formula is C16H23NO4. The van der Waals surface area contributed by atoms with Gasteiger partial charge < -0.3 is 14.6 Å². The molecule has 1 saturated heterocycles. The molecule has 1 fully saturated rings. The van der Waals surface area contributed by atoms with Gasteiger partial charge in [0, 0.05) is 11.6 Å². The molecule has 0 aromatic heterocycles. The number of hydrogen-bond donors (Lipinski definition) is 1. The summed E-state index contributed by atoms with van der Waals surface area (Å²) >= 11 is 0. The summed E-state index contributed by atoms with van der Waals surface area (Å²) in [6.45, 7) is 4.58. The molecule has 1 aliphatic rings. The molecule has 1 heterocycles. The quantitative estimate of drug-likeness (QED) is 0.904. The van der Waals surface area contributed by atoms with Crippen molar-refractivity contribution in [1.29, 1.82) is 0 Å². The van der Waals surface area contributed by atoms with Crippen LogP contribution in [-0.2, 0) is 4.79 Å². The van der Waals surface area contributed by atoms with E-state index in [9.17, 15) is 9.90 Å². The van der Waals surface area contributed by atoms with Crippen LogP contribution in [0.3, 0.4) is 0 Å². The number of nitrogens with zero attached hydrogens (tertiary/aromatic N) is 1. The molecule has 2 atom stereocenters. The maximum atomic E-state index is 11.6. The lowest BCUT2D eigenvalue weighted by atomic mass is 9.95. The highest BCUT2D eigenvalue weighted by Gasteiger charge is 2.46. The highest BCUT2D eigenvalue weighted by Crippen LogP contribution is 2.40. The maximum absolute atomic E-state index is 11.6. The van der Waals surface area contributed by atoms with Crippen LogP contribution >= 0.6 is 0 Å². The molecule has 1 aromatic rings. The molecule has 0 spiro atoms. The smallest absolute Gasteiger partial charge is 0.323 e. The van der Waals surface area contributed by atoms with Crippen LogP contribution in [0.25, 0.3) is 0 Å². The van der Waals surface area contributed by atoms with Crippen molar-refractivity contribution in [2.24, 2.45) is 0 Å². The fraction of sp³-hybridized carbons (Fsp3) is 0.562. The van der Waals surface area contributed by atoms with Crippen molar-refractivity contribution in [2.75, 3.05) is 20.8 Å². The van der Waals surface area contributed by atoms with Gasteiger partial charge in [0.15, 0.2) is 0 Å². The van der Waals surface area contributed by atoms with Crippen molar-refractivity contribution in [2.45, 2.75) is 38.3 Å². The number of carboxylic acid groups (broad SMARTS) is 1. The summed E-state index contributed by atoms with van der Waals surface area (Å²) < 4.78 is 10.7. The number of aliphatic carboxylic acids is 1. The molecule has 2 rings (SSSR count). The van der Waals surface area contributed by atoms with Crippen molar-refractivity contribution in [3.8, 4) is 11.5 Å². The minimum Gasteiger partial charge on any atom is -0.497 e. The van der Waals surface area contributed by atoms with E-state index in [4.69, 9.17) is 9.47 Å². The highest BCUT2D eigenvalue weighted by atomic mass is 16.5. The van der Waals surface area contributed by atoms with Crippen LogP contribution in [0.5, 0.6) is 11.5 Å². The lowest BCUT2D eigenvalue weighted by Crippen LogP contribution is -2.48. The number of carbonyl (C=O) groups is 1. The normalized spacial score (nSPS) is 23.8. The number of carboxylic acids is 1. The Morgan fingerprint density at radius 1 is 1.38 bits per heavy atom. The second-order valence-electron chi connectivity index (χ2n) is 5.66. The molecule has 116 valence electrons. The van der Waals surface area contributed by atoms with Gasteiger partial charge in [-0.3, -0.25) is 9.69 Å². The summed E-state index contributed by atoms with van der Waals surface area (Å²) in [5.74, 6) is 0.727. The first kappa shape index (κ1) is 15.6. The molecule has 0 radical (unpaired) electrons. The van der Waals surface area contributed by atoms with Crippen LogP contribution in [0.15, 0.2) is 18.2 Å². The molecule has 2 unspecified atom stereocenters. The summed E-state index contributed by atoms with van der Waals surface area (Å²) in [7, 11) is 3.24. The zero-order valence-electron chi connectivity index (χ0n) is 13.0. The molecule has 5 nitrogen and oxygen atoms in total. The zero-order valence-corrected chi connectivity index (χ0v) is 13.0. The SMILES string of the molecule is COc1ccc(OC)c(C(C)N2CCCC2(C)C(=O)O)c1. The molecule has 21 heavy (non-hydrogen) atoms. The Hall–Kier alpha value is -1.75. The topological polar surface area (TPSA) is 59.0 Å². The first-order valence-electron chi connectivity index (χ1n) is 7.16. The van der Waals surface area contributed by atoms with Crippen LogP contribution in [0.1, 0.15) is 38.3 Å². The molecule has 1 aliphatic heterocycles. The monoisotopic (exact) mass is 293 g/mol. The standard InChI is InChI=1S/C16H23NO4/c1-11(17-9-5-8-16(17,2)15(18)19)13-10-12(20-3)6-7-14(13)21-4/h6-7,10-11H,5,8-9H2,1-4H3,(H,18,19). The van der Waals surface area contributed by atoms with Crippen molar-refractivity contribution < 1.29 is 19.4 Å². The van der Waals surface area contributed by atoms with E-state index < -0.39 is 11.5 Å². The molecule has 0 amide bonds. The molecule has 0 aliphatic carbocycles. The Kier molecular flexibility index (Phi) is 4.42. The number of benzene rings is 1. The summed E-state index contributed by atoms with van der Waals surface area (Å²) in [5, 5.41) is 9.57. The van der Waals surface area contributed by atoms with Gasteiger partial charge in [0.2, 0.25) is 0 Å². The van der Waals surface area contributed by atoms with Gasteiger partial charge in [-0.05, 0) is 51.4 Å². The van der Waals surface area contributed by atoms with Gasteiger partial charge in [-0.25, -0.2) is 0 Å². The summed E-state index contributed by atoms with van der Waals surface area (Å²) in [6, 6.07) is 5.57. The van der Waals surface area contributed by atoms with Crippen molar-refractivity contribution >= 4 is 5.97 Å². The van der Waals surface area contributed by atoms with Crippen molar-refractivity contribution in [1.82, 2.24) is 4.90 Å². The van der Waals surface area contributed by atoms with E-state index in [1.165, 1.54) is 0 Å². The Balaban J connectivity index is 2.39. The number of ether oxygens (including phenoxy) is 2. The fourth-order valence-electron chi connectivity index (χ4n) is 3.17. The van der Waals surface area contributed by atoms with Gasteiger partial charge in [0.25, 0.3) is 0 Å². The predicted octanol–water partition coefficient (Wildman–Crippen LogP) is 2.70. The summed E-state index contributed by atoms with van der Waals surface area (Å²) in [5.41, 5.74) is 0.124. The van der Waals surface area contributed by atoms with Crippen molar-refractivity contribution in [3.63, 3.8) is 0 Å². The van der Waals surface area contributed by atoms with E-state index in [-0.39, 0.29) is 6.04 Å². The van der Waals surface area contributed by atoms with E-state index in [0.29, 0.717) is 6.42 Å². The van der Waals surface area contributed by atoms with Crippen LogP contribution in [-0.4, -0.2) is 42.3 Å². The highest BCUT2D eigenvalue weighted by molar-refractivity contribution is 5.78. The first-order valence-corrected chi connectivity index (χ1v) is 7.16. The summed E-state index contributed by atoms with van der Waals surface area (Å²) in [4.78, 5) is 13.7. The average molecular weight is 293 g/mol. The largest absolute Gasteiger partial charge is 0.497 e. The van der Waals surface area contributed by atoms with Crippen LogP contribution in [0, 0.1) is 0 Å². The number of rotatable bonds is 5. The third-order valence-electron chi connectivity index (χ3n) is 4.51. The minimum atomic E-state index is -0.826. The summed E-state index contributed by atoms with van der Waals surface area (Å²) in [6.07, 6.45) is 1.55. The molecule has 5 heteroatoms. The van der Waals surface area contributed by atoms with Gasteiger partial charge in [-0.2, -0.15) is 0 Å². The van der Waals surface area contributed by atoms with E-state index >= 15 is 0 Å².